The highest BCUT2D eigenvalue weighted by Crippen LogP contribution is 2.52. The molecule has 148 valence electrons. The second-order valence-corrected chi connectivity index (χ2v) is 9.28. The van der Waals surface area contributed by atoms with E-state index in [4.69, 9.17) is 9.15 Å². The van der Waals surface area contributed by atoms with Crippen molar-refractivity contribution in [2.45, 2.75) is 46.1 Å². The number of hydrogen-bond acceptors (Lipinski definition) is 5. The van der Waals surface area contributed by atoms with Gasteiger partial charge in [0.2, 0.25) is 5.76 Å². The highest BCUT2D eigenvalue weighted by Gasteiger charge is 2.50. The van der Waals surface area contributed by atoms with Crippen molar-refractivity contribution in [3.63, 3.8) is 0 Å². The Morgan fingerprint density at radius 3 is 2.75 bits per heavy atom. The molecule has 2 unspecified atom stereocenters. The van der Waals surface area contributed by atoms with E-state index >= 15 is 0 Å². The van der Waals surface area contributed by atoms with Crippen molar-refractivity contribution in [1.82, 2.24) is 4.90 Å². The van der Waals surface area contributed by atoms with E-state index in [9.17, 15) is 14.4 Å². The Labute approximate surface area is 163 Å². The fraction of sp³-hybridized carbons (Fsp3) is 0.500. The number of amides is 1. The first kappa shape index (κ1) is 18.7. The maximum Gasteiger partial charge on any atom is 0.374 e. The van der Waals surface area contributed by atoms with Gasteiger partial charge >= 0.3 is 5.97 Å². The second kappa shape index (κ2) is 6.47. The monoisotopic (exact) mass is 383 g/mol. The molecule has 0 N–H and O–H groups in total. The Balaban J connectivity index is 1.44. The van der Waals surface area contributed by atoms with Gasteiger partial charge in [0.15, 0.2) is 12.0 Å². The summed E-state index contributed by atoms with van der Waals surface area (Å²) in [4.78, 5) is 39.0. The molecule has 2 atom stereocenters. The summed E-state index contributed by atoms with van der Waals surface area (Å²) in [6.45, 7) is 7.06. The lowest BCUT2D eigenvalue weighted by Crippen LogP contribution is -2.39. The van der Waals surface area contributed by atoms with Crippen LogP contribution in [0.15, 0.2) is 39.5 Å². The molecule has 6 heteroatoms. The number of para-hydroxylation sites is 1. The molecule has 1 aromatic heterocycles. The van der Waals surface area contributed by atoms with Gasteiger partial charge in [0.25, 0.3) is 5.91 Å². The minimum absolute atomic E-state index is 0.122. The second-order valence-electron chi connectivity index (χ2n) is 9.28. The summed E-state index contributed by atoms with van der Waals surface area (Å²) in [5.41, 5.74) is 0.329. The van der Waals surface area contributed by atoms with E-state index in [0.717, 1.165) is 25.3 Å². The smallest absolute Gasteiger partial charge is 0.374 e. The molecule has 28 heavy (non-hydrogen) atoms. The van der Waals surface area contributed by atoms with E-state index < -0.39 is 5.97 Å². The summed E-state index contributed by atoms with van der Waals surface area (Å²) in [7, 11) is 0. The molecule has 2 fully saturated rings. The van der Waals surface area contributed by atoms with Crippen molar-refractivity contribution in [2.24, 2.45) is 10.8 Å². The largest absolute Gasteiger partial charge is 0.450 e. The number of hydrogen-bond donors (Lipinski definition) is 0. The summed E-state index contributed by atoms with van der Waals surface area (Å²) >= 11 is 0. The van der Waals surface area contributed by atoms with Crippen molar-refractivity contribution in [3.05, 3.63) is 46.3 Å². The number of esters is 1. The predicted octanol–water partition coefficient (Wildman–Crippen LogP) is 3.38. The predicted molar refractivity (Wildman–Crippen MR) is 104 cm³/mol. The minimum atomic E-state index is -0.801. The number of carbonyl (C=O) groups is 2. The molecule has 1 saturated carbocycles. The summed E-state index contributed by atoms with van der Waals surface area (Å²) in [6, 6.07) is 8.00. The number of rotatable bonds is 3. The molecular formula is C22H25NO5. The molecule has 2 aliphatic rings. The van der Waals surface area contributed by atoms with E-state index in [1.165, 1.54) is 0 Å². The average molecular weight is 383 g/mol. The van der Waals surface area contributed by atoms with Gasteiger partial charge in [0.05, 0.1) is 5.39 Å². The standard InChI is InChI=1S/C22H25NO5/c1-21(2)9-14-10-22(3,12-21)13-23(14)19(25)11-27-20(26)18-8-16(24)15-6-4-5-7-17(15)28-18/h4-8,14H,9-13H2,1-3H3. The van der Waals surface area contributed by atoms with Crippen LogP contribution in [-0.4, -0.2) is 36.0 Å². The maximum atomic E-state index is 12.7. The zero-order chi connectivity index (χ0) is 20.1. The Kier molecular flexibility index (Phi) is 4.32. The molecule has 1 aliphatic carbocycles. The van der Waals surface area contributed by atoms with Crippen LogP contribution in [0.2, 0.25) is 0 Å². The van der Waals surface area contributed by atoms with Gasteiger partial charge in [-0.3, -0.25) is 9.59 Å². The highest BCUT2D eigenvalue weighted by atomic mass is 16.5. The van der Waals surface area contributed by atoms with Gasteiger partial charge < -0.3 is 14.1 Å². The van der Waals surface area contributed by atoms with E-state index in [-0.39, 0.29) is 40.6 Å². The molecule has 2 heterocycles. The molecule has 1 aliphatic heterocycles. The number of nitrogens with zero attached hydrogens (tertiary/aromatic N) is 1. The summed E-state index contributed by atoms with van der Waals surface area (Å²) in [6.07, 6.45) is 3.04. The van der Waals surface area contributed by atoms with E-state index in [1.807, 2.05) is 4.90 Å². The van der Waals surface area contributed by atoms with Gasteiger partial charge in [-0.25, -0.2) is 4.79 Å². The van der Waals surface area contributed by atoms with Crippen LogP contribution in [0, 0.1) is 10.8 Å². The van der Waals surface area contributed by atoms with Gasteiger partial charge in [-0.05, 0) is 42.2 Å². The van der Waals surface area contributed by atoms with Crippen molar-refractivity contribution >= 4 is 22.8 Å². The minimum Gasteiger partial charge on any atom is -0.450 e. The van der Waals surface area contributed by atoms with Crippen LogP contribution in [-0.2, 0) is 9.53 Å². The number of likely N-dealkylation sites (tertiary alicyclic amines) is 1. The number of fused-ring (bicyclic) bond motifs is 3. The first-order chi connectivity index (χ1) is 13.2. The van der Waals surface area contributed by atoms with Crippen molar-refractivity contribution < 1.29 is 18.7 Å². The van der Waals surface area contributed by atoms with Gasteiger partial charge in [-0.1, -0.05) is 32.9 Å². The molecule has 1 amide bonds. The molecule has 0 radical (unpaired) electrons. The van der Waals surface area contributed by atoms with Gasteiger partial charge in [-0.2, -0.15) is 0 Å². The first-order valence-electron chi connectivity index (χ1n) is 9.65. The van der Waals surface area contributed by atoms with E-state index in [2.05, 4.69) is 20.8 Å². The Morgan fingerprint density at radius 1 is 1.21 bits per heavy atom. The first-order valence-corrected chi connectivity index (χ1v) is 9.65. The highest BCUT2D eigenvalue weighted by molar-refractivity contribution is 5.90. The summed E-state index contributed by atoms with van der Waals surface area (Å²) in [5, 5.41) is 0.398. The van der Waals surface area contributed by atoms with Crippen LogP contribution in [0.3, 0.4) is 0 Å². The third-order valence-electron chi connectivity index (χ3n) is 5.90. The average Bonchev–Trinajstić information content (AvgIpc) is 2.88. The third kappa shape index (κ3) is 3.43. The molecule has 2 aromatic rings. The maximum absolute atomic E-state index is 12.7. The quantitative estimate of drug-likeness (QED) is 0.760. The Morgan fingerprint density at radius 2 is 1.96 bits per heavy atom. The van der Waals surface area contributed by atoms with Crippen LogP contribution < -0.4 is 5.43 Å². The molecule has 6 nitrogen and oxygen atoms in total. The van der Waals surface area contributed by atoms with Gasteiger partial charge in [-0.15, -0.1) is 0 Å². The lowest BCUT2D eigenvalue weighted by atomic mass is 9.65. The van der Waals surface area contributed by atoms with Crippen LogP contribution in [0.5, 0.6) is 0 Å². The SMILES string of the molecule is CC1(C)CC2CC(C)(CN2C(=O)COC(=O)c2cc(=O)c3ccccc3o2)C1. The van der Waals surface area contributed by atoms with Gasteiger partial charge in [0.1, 0.15) is 5.58 Å². The molecule has 1 aromatic carbocycles. The third-order valence-corrected chi connectivity index (χ3v) is 5.90. The van der Waals surface area contributed by atoms with Crippen molar-refractivity contribution in [1.29, 1.82) is 0 Å². The van der Waals surface area contributed by atoms with E-state index in [1.54, 1.807) is 24.3 Å². The normalized spacial score (nSPS) is 25.7. The number of carbonyl (C=O) groups excluding carboxylic acids is 2. The van der Waals surface area contributed by atoms with E-state index in [0.29, 0.717) is 17.5 Å². The molecule has 2 bridgehead atoms. The molecule has 0 spiro atoms. The topological polar surface area (TPSA) is 76.8 Å². The van der Waals surface area contributed by atoms with Crippen molar-refractivity contribution in [2.75, 3.05) is 13.2 Å². The zero-order valence-electron chi connectivity index (χ0n) is 16.5. The summed E-state index contributed by atoms with van der Waals surface area (Å²) < 4.78 is 10.7. The number of benzene rings is 1. The van der Waals surface area contributed by atoms with Crippen LogP contribution in [0.25, 0.3) is 11.0 Å². The van der Waals surface area contributed by atoms with Crippen LogP contribution in [0.1, 0.15) is 50.6 Å². The fourth-order valence-electron chi connectivity index (χ4n) is 5.24. The molecular weight excluding hydrogens is 358 g/mol. The van der Waals surface area contributed by atoms with Crippen LogP contribution >= 0.6 is 0 Å². The van der Waals surface area contributed by atoms with Crippen molar-refractivity contribution in [3.8, 4) is 0 Å². The lowest BCUT2D eigenvalue weighted by Gasteiger charge is -2.39. The summed E-state index contributed by atoms with van der Waals surface area (Å²) in [5.74, 6) is -1.18. The lowest BCUT2D eigenvalue weighted by molar-refractivity contribution is -0.135. The number of ether oxygens (including phenoxy) is 1. The molecule has 1 saturated heterocycles. The zero-order valence-corrected chi connectivity index (χ0v) is 16.5. The van der Waals surface area contributed by atoms with Crippen LogP contribution in [0.4, 0.5) is 0 Å². The Bertz CT molecular complexity index is 1010. The fourth-order valence-corrected chi connectivity index (χ4v) is 5.24. The molecule has 4 rings (SSSR count). The Hall–Kier alpha value is -2.63. The van der Waals surface area contributed by atoms with Gasteiger partial charge in [0, 0.05) is 18.7 Å².